The topological polar surface area (TPSA) is 79.8 Å². The molecule has 6 nitrogen and oxygen atoms in total. The molecule has 0 unspecified atom stereocenters. The van der Waals surface area contributed by atoms with Crippen molar-refractivity contribution in [2.75, 3.05) is 18.5 Å². The van der Waals surface area contributed by atoms with Crippen molar-refractivity contribution in [1.82, 2.24) is 5.32 Å². The molecule has 1 aromatic carbocycles. The van der Waals surface area contributed by atoms with E-state index in [0.29, 0.717) is 13.2 Å². The quantitative estimate of drug-likeness (QED) is 0.791. The molecular weight excluding hydrogens is 308 g/mol. The Morgan fingerprint density at radius 3 is 3.00 bits per heavy atom. The summed E-state index contributed by atoms with van der Waals surface area (Å²) in [5.74, 6) is 0. The number of aliphatic hydroxyl groups is 1. The molecule has 3 N–H and O–H groups in total. The van der Waals surface area contributed by atoms with Gasteiger partial charge in [0, 0.05) is 24.2 Å². The minimum Gasteiger partial charge on any atom is -0.444 e. The first kappa shape index (κ1) is 17.0. The van der Waals surface area contributed by atoms with Gasteiger partial charge < -0.3 is 25.2 Å². The van der Waals surface area contributed by atoms with Crippen molar-refractivity contribution in [3.8, 4) is 0 Å². The van der Waals surface area contributed by atoms with Gasteiger partial charge in [-0.1, -0.05) is 12.1 Å². The van der Waals surface area contributed by atoms with Gasteiger partial charge in [0.15, 0.2) is 0 Å². The molecule has 0 aromatic heterocycles. The van der Waals surface area contributed by atoms with Crippen LogP contribution in [-0.2, 0) is 15.9 Å². The first-order chi connectivity index (χ1) is 11.3. The Hall–Kier alpha value is -1.79. The van der Waals surface area contributed by atoms with Gasteiger partial charge in [-0.15, -0.1) is 0 Å². The zero-order chi connectivity index (χ0) is 17.3. The van der Waals surface area contributed by atoms with Gasteiger partial charge in [0.05, 0.1) is 24.9 Å². The van der Waals surface area contributed by atoms with E-state index in [-0.39, 0.29) is 12.1 Å². The summed E-state index contributed by atoms with van der Waals surface area (Å²) in [5, 5.41) is 16.1. The minimum absolute atomic E-state index is 0.0356. The second-order valence-electron chi connectivity index (χ2n) is 7.48. The van der Waals surface area contributed by atoms with Crippen molar-refractivity contribution in [3.05, 3.63) is 29.3 Å². The molecule has 2 aliphatic heterocycles. The molecule has 1 aromatic rings. The molecule has 3 rings (SSSR count). The summed E-state index contributed by atoms with van der Waals surface area (Å²) in [6.45, 7) is 6.42. The summed E-state index contributed by atoms with van der Waals surface area (Å²) >= 11 is 0. The van der Waals surface area contributed by atoms with Crippen LogP contribution in [0.2, 0.25) is 0 Å². The summed E-state index contributed by atoms with van der Waals surface area (Å²) in [6, 6.07) is 6.25. The third kappa shape index (κ3) is 3.99. The predicted octanol–water partition coefficient (Wildman–Crippen LogP) is 2.37. The number of benzene rings is 1. The number of alkyl carbamates (subject to hydrolysis) is 1. The van der Waals surface area contributed by atoms with Gasteiger partial charge in [-0.3, -0.25) is 0 Å². The van der Waals surface area contributed by atoms with Gasteiger partial charge >= 0.3 is 6.09 Å². The maximum atomic E-state index is 11.7. The minimum atomic E-state index is -0.485. The summed E-state index contributed by atoms with van der Waals surface area (Å²) in [7, 11) is 0. The lowest BCUT2D eigenvalue weighted by Gasteiger charge is -2.40. The number of aliphatic hydroxyl groups excluding tert-OH is 1. The Morgan fingerprint density at radius 1 is 1.46 bits per heavy atom. The molecule has 0 spiro atoms. The number of rotatable bonds is 3. The van der Waals surface area contributed by atoms with Crippen molar-refractivity contribution in [2.24, 2.45) is 0 Å². The molecule has 24 heavy (non-hydrogen) atoms. The van der Waals surface area contributed by atoms with Crippen molar-refractivity contribution in [3.63, 3.8) is 0 Å². The number of nitrogens with one attached hydrogen (secondary N) is 2. The number of fused-ring (bicyclic) bond motifs is 4. The lowest BCUT2D eigenvalue weighted by atomic mass is 9.89. The molecule has 0 radical (unpaired) electrons. The van der Waals surface area contributed by atoms with E-state index in [1.165, 1.54) is 0 Å². The molecular formula is C18H26N2O4. The average molecular weight is 334 g/mol. The summed E-state index contributed by atoms with van der Waals surface area (Å²) in [6.07, 6.45) is 0.703. The van der Waals surface area contributed by atoms with E-state index in [0.717, 1.165) is 29.7 Å². The standard InChI is InChI=1S/C18H26N2O4/c1-18(2,3)24-17(22)19-7-6-11-4-5-13-12(8-11)16-9-14(20-13)15(21)10-23-16/h4-5,8,14-16,20-21H,6-7,9-10H2,1-3H3,(H,19,22)/t14-,15+,16+/m0/s1. The predicted molar refractivity (Wildman–Crippen MR) is 91.1 cm³/mol. The molecule has 132 valence electrons. The molecule has 2 bridgehead atoms. The first-order valence-electron chi connectivity index (χ1n) is 8.48. The van der Waals surface area contributed by atoms with Crippen LogP contribution in [-0.4, -0.2) is 42.1 Å². The monoisotopic (exact) mass is 334 g/mol. The average Bonchev–Trinajstić information content (AvgIpc) is 2.49. The molecule has 0 saturated carbocycles. The van der Waals surface area contributed by atoms with Crippen LogP contribution < -0.4 is 10.6 Å². The highest BCUT2D eigenvalue weighted by atomic mass is 16.6. The van der Waals surface area contributed by atoms with E-state index in [9.17, 15) is 9.90 Å². The van der Waals surface area contributed by atoms with Crippen LogP contribution in [0.4, 0.5) is 10.5 Å². The number of ether oxygens (including phenoxy) is 2. The van der Waals surface area contributed by atoms with Gasteiger partial charge in [0.25, 0.3) is 0 Å². The largest absolute Gasteiger partial charge is 0.444 e. The highest BCUT2D eigenvalue weighted by Crippen LogP contribution is 2.39. The lowest BCUT2D eigenvalue weighted by molar-refractivity contribution is -0.0672. The van der Waals surface area contributed by atoms with Crippen molar-refractivity contribution in [1.29, 1.82) is 0 Å². The van der Waals surface area contributed by atoms with Gasteiger partial charge in [0.2, 0.25) is 0 Å². The van der Waals surface area contributed by atoms with Crippen molar-refractivity contribution >= 4 is 11.8 Å². The third-order valence-electron chi connectivity index (χ3n) is 4.29. The van der Waals surface area contributed by atoms with Gasteiger partial charge in [-0.05, 0) is 38.8 Å². The Kier molecular flexibility index (Phi) is 4.69. The molecule has 1 amide bonds. The second kappa shape index (κ2) is 6.61. The number of anilines is 1. The molecule has 2 aliphatic rings. The fourth-order valence-corrected chi connectivity index (χ4v) is 3.15. The van der Waals surface area contributed by atoms with Gasteiger partial charge in [0.1, 0.15) is 5.60 Å². The summed E-state index contributed by atoms with van der Waals surface area (Å²) in [4.78, 5) is 11.7. The smallest absolute Gasteiger partial charge is 0.407 e. The number of hydrogen-bond acceptors (Lipinski definition) is 5. The number of carbonyl (C=O) groups is 1. The molecule has 3 atom stereocenters. The van der Waals surface area contributed by atoms with Gasteiger partial charge in [-0.2, -0.15) is 0 Å². The second-order valence-corrected chi connectivity index (χ2v) is 7.48. The van der Waals surface area contributed by atoms with E-state index in [4.69, 9.17) is 9.47 Å². The fourth-order valence-electron chi connectivity index (χ4n) is 3.15. The zero-order valence-electron chi connectivity index (χ0n) is 14.5. The molecule has 2 heterocycles. The van der Waals surface area contributed by atoms with Crippen LogP contribution in [0.1, 0.15) is 44.4 Å². The van der Waals surface area contributed by atoms with E-state index < -0.39 is 17.8 Å². The molecule has 1 saturated heterocycles. The fraction of sp³-hybridized carbons (Fsp3) is 0.611. The Bertz CT molecular complexity index is 612. The van der Waals surface area contributed by atoms with Crippen LogP contribution >= 0.6 is 0 Å². The summed E-state index contributed by atoms with van der Waals surface area (Å²) in [5.41, 5.74) is 2.81. The molecule has 6 heteroatoms. The van der Waals surface area contributed by atoms with Crippen LogP contribution in [0.15, 0.2) is 18.2 Å². The number of carbonyl (C=O) groups excluding carboxylic acids is 1. The SMILES string of the molecule is CC(C)(C)OC(=O)NCCc1ccc2c(c1)[C@H]1C[C@H](N2)[C@H](O)CO1. The van der Waals surface area contributed by atoms with E-state index in [1.807, 2.05) is 32.9 Å². The first-order valence-corrected chi connectivity index (χ1v) is 8.48. The number of amides is 1. The van der Waals surface area contributed by atoms with Crippen molar-refractivity contribution < 1.29 is 19.4 Å². The normalized spacial score (nSPS) is 25.4. The Morgan fingerprint density at radius 2 is 2.25 bits per heavy atom. The van der Waals surface area contributed by atoms with Crippen molar-refractivity contribution in [2.45, 2.75) is 57.5 Å². The molecule has 1 fully saturated rings. The van der Waals surface area contributed by atoms with Crippen LogP contribution in [0.5, 0.6) is 0 Å². The van der Waals surface area contributed by atoms with E-state index in [2.05, 4.69) is 16.7 Å². The third-order valence-corrected chi connectivity index (χ3v) is 4.29. The van der Waals surface area contributed by atoms with Crippen LogP contribution in [0.25, 0.3) is 0 Å². The zero-order valence-corrected chi connectivity index (χ0v) is 14.5. The lowest BCUT2D eigenvalue weighted by Crippen LogP contribution is -2.46. The van der Waals surface area contributed by atoms with E-state index in [1.54, 1.807) is 0 Å². The summed E-state index contributed by atoms with van der Waals surface area (Å²) < 4.78 is 11.0. The van der Waals surface area contributed by atoms with Crippen LogP contribution in [0, 0.1) is 0 Å². The molecule has 0 aliphatic carbocycles. The highest BCUT2D eigenvalue weighted by Gasteiger charge is 2.36. The van der Waals surface area contributed by atoms with Crippen LogP contribution in [0.3, 0.4) is 0 Å². The maximum absolute atomic E-state index is 11.7. The Labute approximate surface area is 142 Å². The maximum Gasteiger partial charge on any atom is 0.407 e. The Balaban J connectivity index is 1.58. The highest BCUT2D eigenvalue weighted by molar-refractivity contribution is 5.67. The van der Waals surface area contributed by atoms with E-state index >= 15 is 0 Å². The van der Waals surface area contributed by atoms with Gasteiger partial charge in [-0.25, -0.2) is 4.79 Å². The number of hydrogen-bond donors (Lipinski definition) is 3.